The molecule has 0 atom stereocenters. The normalized spacial score (nSPS) is 10.9. The molecule has 0 fully saturated rings. The van der Waals surface area contributed by atoms with Crippen molar-refractivity contribution in [1.82, 2.24) is 29.5 Å². The zero-order chi connectivity index (χ0) is 21.8. The Bertz CT molecular complexity index is 1300. The minimum atomic E-state index is 0.418. The monoisotopic (exact) mass is 444 g/mol. The Kier molecular flexibility index (Phi) is 5.58. The fourth-order valence-corrected chi connectivity index (χ4v) is 3.89. The van der Waals surface area contributed by atoms with Crippen LogP contribution in [0.5, 0.6) is 5.75 Å². The summed E-state index contributed by atoms with van der Waals surface area (Å²) in [5, 5.41) is 10.6. The highest BCUT2D eigenvalue weighted by Gasteiger charge is 2.15. The van der Waals surface area contributed by atoms with Gasteiger partial charge >= 0.3 is 0 Å². The quantitative estimate of drug-likeness (QED) is 0.369. The van der Waals surface area contributed by atoms with E-state index >= 15 is 0 Å². The number of anilines is 3. The van der Waals surface area contributed by atoms with E-state index in [1.165, 1.54) is 5.56 Å². The maximum atomic E-state index is 5.23. The fourth-order valence-electron chi connectivity index (χ4n) is 3.26. The maximum absolute atomic E-state index is 5.23. The number of fused-ring (bicyclic) bond motifs is 1. The van der Waals surface area contributed by atoms with Crippen molar-refractivity contribution in [2.45, 2.75) is 6.42 Å². The van der Waals surface area contributed by atoms with E-state index in [-0.39, 0.29) is 0 Å². The number of benzene rings is 1. The largest absolute Gasteiger partial charge is 0.497 e. The molecule has 9 nitrogen and oxygen atoms in total. The van der Waals surface area contributed by atoms with E-state index in [4.69, 9.17) is 9.72 Å². The smallest absolute Gasteiger partial charge is 0.232 e. The molecule has 4 heterocycles. The summed E-state index contributed by atoms with van der Waals surface area (Å²) in [6, 6.07) is 10.1. The SMILES string of the molecule is COc1ccc(CCNc2nc(Nc3cnccn3)nc3c2ncn3-c2ccsc2)cc1. The average Bonchev–Trinajstić information content (AvgIpc) is 3.50. The lowest BCUT2D eigenvalue weighted by atomic mass is 10.1. The van der Waals surface area contributed by atoms with Crippen molar-refractivity contribution in [2.75, 3.05) is 24.3 Å². The molecule has 4 aromatic heterocycles. The first kappa shape index (κ1) is 19.9. The zero-order valence-electron chi connectivity index (χ0n) is 17.3. The number of nitrogens with one attached hydrogen (secondary N) is 2. The van der Waals surface area contributed by atoms with E-state index in [1.807, 2.05) is 28.1 Å². The fraction of sp³-hybridized carbons (Fsp3) is 0.136. The van der Waals surface area contributed by atoms with Gasteiger partial charge < -0.3 is 15.4 Å². The number of hydrogen-bond acceptors (Lipinski definition) is 9. The van der Waals surface area contributed by atoms with Crippen molar-refractivity contribution in [3.63, 3.8) is 0 Å². The van der Waals surface area contributed by atoms with Crippen molar-refractivity contribution < 1.29 is 4.74 Å². The van der Waals surface area contributed by atoms with Gasteiger partial charge in [-0.15, -0.1) is 0 Å². The van der Waals surface area contributed by atoms with Gasteiger partial charge in [-0.05, 0) is 35.6 Å². The van der Waals surface area contributed by atoms with E-state index < -0.39 is 0 Å². The number of ether oxygens (including phenoxy) is 1. The lowest BCUT2D eigenvalue weighted by Crippen LogP contribution is -2.09. The van der Waals surface area contributed by atoms with E-state index in [9.17, 15) is 0 Å². The molecule has 0 aliphatic carbocycles. The highest BCUT2D eigenvalue weighted by molar-refractivity contribution is 7.08. The van der Waals surface area contributed by atoms with Crippen LogP contribution in [0.4, 0.5) is 17.6 Å². The number of thiophene rings is 1. The Morgan fingerprint density at radius 2 is 1.97 bits per heavy atom. The van der Waals surface area contributed by atoms with E-state index in [0.29, 0.717) is 35.3 Å². The number of methoxy groups -OCH3 is 1. The second kappa shape index (κ2) is 8.98. The van der Waals surface area contributed by atoms with Gasteiger partial charge in [-0.3, -0.25) is 9.55 Å². The van der Waals surface area contributed by atoms with Gasteiger partial charge in [-0.1, -0.05) is 12.1 Å². The molecule has 0 bridgehead atoms. The molecule has 0 unspecified atom stereocenters. The number of nitrogens with zero attached hydrogens (tertiary/aromatic N) is 6. The van der Waals surface area contributed by atoms with Crippen LogP contribution in [-0.4, -0.2) is 43.1 Å². The summed E-state index contributed by atoms with van der Waals surface area (Å²) < 4.78 is 7.18. The molecule has 0 saturated heterocycles. The minimum absolute atomic E-state index is 0.418. The van der Waals surface area contributed by atoms with Crippen molar-refractivity contribution in [1.29, 1.82) is 0 Å². The number of aromatic nitrogens is 6. The first-order chi connectivity index (χ1) is 15.8. The summed E-state index contributed by atoms with van der Waals surface area (Å²) in [6.07, 6.45) is 7.45. The molecule has 0 amide bonds. The van der Waals surface area contributed by atoms with Gasteiger partial charge in [-0.25, -0.2) is 9.97 Å². The predicted molar refractivity (Wildman–Crippen MR) is 125 cm³/mol. The van der Waals surface area contributed by atoms with Crippen LogP contribution in [0, 0.1) is 0 Å². The molecule has 160 valence electrons. The van der Waals surface area contributed by atoms with Crippen LogP contribution in [0.2, 0.25) is 0 Å². The van der Waals surface area contributed by atoms with E-state index in [2.05, 4.69) is 48.1 Å². The van der Waals surface area contributed by atoms with Crippen LogP contribution in [0.25, 0.3) is 16.9 Å². The molecule has 0 radical (unpaired) electrons. The molecule has 0 saturated carbocycles. The van der Waals surface area contributed by atoms with Crippen LogP contribution < -0.4 is 15.4 Å². The van der Waals surface area contributed by atoms with Crippen molar-refractivity contribution in [3.05, 3.63) is 71.6 Å². The first-order valence-electron chi connectivity index (χ1n) is 9.97. The third kappa shape index (κ3) is 4.21. The Morgan fingerprint density at radius 3 is 2.72 bits per heavy atom. The van der Waals surface area contributed by atoms with Gasteiger partial charge in [0.05, 0.1) is 19.0 Å². The van der Waals surface area contributed by atoms with Crippen LogP contribution in [-0.2, 0) is 6.42 Å². The molecule has 0 spiro atoms. The molecular formula is C22H20N8OS. The molecule has 5 aromatic rings. The Labute approximate surface area is 188 Å². The van der Waals surface area contributed by atoms with Crippen LogP contribution >= 0.6 is 11.3 Å². The lowest BCUT2D eigenvalue weighted by Gasteiger charge is -2.10. The number of hydrogen-bond donors (Lipinski definition) is 2. The Hall–Kier alpha value is -4.05. The number of rotatable bonds is 8. The second-order valence-corrected chi connectivity index (χ2v) is 7.68. The summed E-state index contributed by atoms with van der Waals surface area (Å²) in [5.41, 5.74) is 3.61. The summed E-state index contributed by atoms with van der Waals surface area (Å²) in [4.78, 5) is 22.3. The Morgan fingerprint density at radius 1 is 1.06 bits per heavy atom. The molecule has 5 rings (SSSR count). The molecule has 32 heavy (non-hydrogen) atoms. The minimum Gasteiger partial charge on any atom is -0.497 e. The third-order valence-corrected chi connectivity index (χ3v) is 5.52. The summed E-state index contributed by atoms with van der Waals surface area (Å²) in [5.74, 6) is 2.49. The average molecular weight is 445 g/mol. The van der Waals surface area contributed by atoms with Gasteiger partial charge in [0.1, 0.15) is 12.1 Å². The molecule has 0 aliphatic rings. The van der Waals surface area contributed by atoms with Crippen LogP contribution in [0.3, 0.4) is 0 Å². The lowest BCUT2D eigenvalue weighted by molar-refractivity contribution is 0.414. The van der Waals surface area contributed by atoms with Crippen molar-refractivity contribution in [2.24, 2.45) is 0 Å². The highest BCUT2D eigenvalue weighted by atomic mass is 32.1. The molecular weight excluding hydrogens is 424 g/mol. The zero-order valence-corrected chi connectivity index (χ0v) is 18.1. The molecule has 1 aromatic carbocycles. The number of imidazole rings is 1. The topological polar surface area (TPSA) is 103 Å². The molecule has 2 N–H and O–H groups in total. The summed E-state index contributed by atoms with van der Waals surface area (Å²) in [6.45, 7) is 0.689. The predicted octanol–water partition coefficient (Wildman–Crippen LogP) is 4.07. The highest BCUT2D eigenvalue weighted by Crippen LogP contribution is 2.25. The van der Waals surface area contributed by atoms with E-state index in [1.54, 1.807) is 43.4 Å². The second-order valence-electron chi connectivity index (χ2n) is 6.90. The Balaban J connectivity index is 1.44. The third-order valence-electron chi connectivity index (χ3n) is 4.85. The first-order valence-corrected chi connectivity index (χ1v) is 10.9. The van der Waals surface area contributed by atoms with E-state index in [0.717, 1.165) is 17.9 Å². The van der Waals surface area contributed by atoms with Gasteiger partial charge in [0.2, 0.25) is 5.95 Å². The van der Waals surface area contributed by atoms with Gasteiger partial charge in [0.15, 0.2) is 22.8 Å². The standard InChI is InChI=1S/C22H20N8OS/c1-31-17-4-2-15(3-5-17)6-8-25-20-19-21(30(14-26-19)16-7-11-32-13-16)29-22(28-20)27-18-12-23-9-10-24-18/h2-5,7,9-14H,6,8H2,1H3,(H2,24,25,27,28,29). The summed E-state index contributed by atoms with van der Waals surface area (Å²) in [7, 11) is 1.67. The summed E-state index contributed by atoms with van der Waals surface area (Å²) >= 11 is 1.62. The van der Waals surface area contributed by atoms with Gasteiger partial charge in [-0.2, -0.15) is 21.3 Å². The molecule has 10 heteroatoms. The van der Waals surface area contributed by atoms with Crippen molar-refractivity contribution in [3.8, 4) is 11.4 Å². The van der Waals surface area contributed by atoms with Crippen molar-refractivity contribution >= 4 is 40.1 Å². The van der Waals surface area contributed by atoms with Gasteiger partial charge in [0.25, 0.3) is 0 Å². The van der Waals surface area contributed by atoms with Gasteiger partial charge in [0, 0.05) is 24.3 Å². The molecule has 0 aliphatic heterocycles. The van der Waals surface area contributed by atoms with Crippen LogP contribution in [0.15, 0.2) is 66.0 Å². The maximum Gasteiger partial charge on any atom is 0.232 e. The van der Waals surface area contributed by atoms with Crippen LogP contribution in [0.1, 0.15) is 5.56 Å².